The number of carbonyl (C=O) groups is 1. The molecular weight excluding hydrogens is 396 g/mol. The van der Waals surface area contributed by atoms with Gasteiger partial charge in [-0.1, -0.05) is 24.3 Å². The number of aromatic nitrogens is 1. The third-order valence-electron chi connectivity index (χ3n) is 5.71. The first kappa shape index (κ1) is 20.8. The van der Waals surface area contributed by atoms with E-state index in [9.17, 15) is 9.59 Å². The Hall–Kier alpha value is -2.48. The molecule has 0 radical (unpaired) electrons. The van der Waals surface area contributed by atoms with Crippen molar-refractivity contribution >= 4 is 27.3 Å². The van der Waals surface area contributed by atoms with E-state index in [1.54, 1.807) is 23.0 Å². The smallest absolute Gasteiger partial charge is 0.259 e. The summed E-state index contributed by atoms with van der Waals surface area (Å²) in [6.45, 7) is 5.21. The molecule has 2 N–H and O–H groups in total. The second kappa shape index (κ2) is 8.71. The minimum absolute atomic E-state index is 0.0279. The van der Waals surface area contributed by atoms with E-state index >= 15 is 0 Å². The standard InChI is InChI=1S/C23H28N4O2S/c1-25-7-4-8-27(10-9-25)14-18-13-19-22(30-18)20(15-26(2)23(19)29)17-6-3-5-16(11-17)12-21(24)28/h3,5-6,11,13,15H,4,7-10,12,14H2,1-2H3,(H2,24,28). The minimum Gasteiger partial charge on any atom is -0.369 e. The third-order valence-corrected chi connectivity index (χ3v) is 6.86. The summed E-state index contributed by atoms with van der Waals surface area (Å²) >= 11 is 1.70. The molecule has 3 aromatic rings. The molecule has 3 heterocycles. The number of rotatable bonds is 5. The van der Waals surface area contributed by atoms with Crippen molar-refractivity contribution in [2.75, 3.05) is 33.2 Å². The summed E-state index contributed by atoms with van der Waals surface area (Å²) < 4.78 is 2.66. The van der Waals surface area contributed by atoms with E-state index in [1.165, 1.54) is 11.3 Å². The number of likely N-dealkylation sites (N-methyl/N-ethyl adjacent to an activating group) is 1. The van der Waals surface area contributed by atoms with Crippen molar-refractivity contribution < 1.29 is 4.79 Å². The molecule has 1 aliphatic rings. The summed E-state index contributed by atoms with van der Waals surface area (Å²) in [6, 6.07) is 9.92. The van der Waals surface area contributed by atoms with Gasteiger partial charge in [0.2, 0.25) is 5.91 Å². The molecule has 2 aromatic heterocycles. The normalized spacial score (nSPS) is 16.1. The summed E-state index contributed by atoms with van der Waals surface area (Å²) in [7, 11) is 3.96. The first-order valence-electron chi connectivity index (χ1n) is 10.3. The number of nitrogens with two attached hydrogens (primary N) is 1. The van der Waals surface area contributed by atoms with Gasteiger partial charge in [0.25, 0.3) is 5.56 Å². The lowest BCUT2D eigenvalue weighted by Gasteiger charge is -2.18. The molecule has 7 heteroatoms. The van der Waals surface area contributed by atoms with Crippen molar-refractivity contribution in [1.82, 2.24) is 14.4 Å². The average Bonchev–Trinajstić information content (AvgIpc) is 3.01. The van der Waals surface area contributed by atoms with E-state index in [0.717, 1.165) is 59.5 Å². The second-order valence-electron chi connectivity index (χ2n) is 8.19. The zero-order chi connectivity index (χ0) is 21.3. The zero-order valence-corrected chi connectivity index (χ0v) is 18.4. The highest BCUT2D eigenvalue weighted by atomic mass is 32.1. The van der Waals surface area contributed by atoms with E-state index in [0.29, 0.717) is 0 Å². The number of benzene rings is 1. The molecule has 0 saturated carbocycles. The van der Waals surface area contributed by atoms with E-state index < -0.39 is 0 Å². The van der Waals surface area contributed by atoms with Gasteiger partial charge in [-0.3, -0.25) is 14.5 Å². The van der Waals surface area contributed by atoms with Gasteiger partial charge in [0.1, 0.15) is 0 Å². The van der Waals surface area contributed by atoms with E-state index in [4.69, 9.17) is 5.73 Å². The van der Waals surface area contributed by atoms with Crippen LogP contribution in [-0.4, -0.2) is 53.5 Å². The number of primary amides is 1. The molecule has 1 amide bonds. The van der Waals surface area contributed by atoms with Gasteiger partial charge in [0.05, 0.1) is 11.8 Å². The number of hydrogen-bond acceptors (Lipinski definition) is 5. The Morgan fingerprint density at radius 2 is 1.97 bits per heavy atom. The van der Waals surface area contributed by atoms with Gasteiger partial charge in [0.15, 0.2) is 0 Å². The van der Waals surface area contributed by atoms with Crippen LogP contribution in [0.15, 0.2) is 41.3 Å². The highest BCUT2D eigenvalue weighted by Gasteiger charge is 2.17. The minimum atomic E-state index is -0.348. The molecular formula is C23H28N4O2S. The van der Waals surface area contributed by atoms with Crippen LogP contribution in [0, 0.1) is 0 Å². The summed E-state index contributed by atoms with van der Waals surface area (Å²) in [6.07, 6.45) is 3.28. The van der Waals surface area contributed by atoms with Crippen molar-refractivity contribution in [3.8, 4) is 11.1 Å². The van der Waals surface area contributed by atoms with Crippen molar-refractivity contribution in [3.63, 3.8) is 0 Å². The molecule has 158 valence electrons. The highest BCUT2D eigenvalue weighted by Crippen LogP contribution is 2.34. The highest BCUT2D eigenvalue weighted by molar-refractivity contribution is 7.19. The van der Waals surface area contributed by atoms with E-state index in [2.05, 4.69) is 22.9 Å². The Morgan fingerprint density at radius 3 is 2.77 bits per heavy atom. The molecule has 0 atom stereocenters. The Labute approximate surface area is 180 Å². The van der Waals surface area contributed by atoms with Gasteiger partial charge in [-0.2, -0.15) is 0 Å². The number of amides is 1. The van der Waals surface area contributed by atoms with Crippen LogP contribution in [0.5, 0.6) is 0 Å². The lowest BCUT2D eigenvalue weighted by atomic mass is 10.0. The fraction of sp³-hybridized carbons (Fsp3) is 0.391. The van der Waals surface area contributed by atoms with Crippen LogP contribution in [0.3, 0.4) is 0 Å². The lowest BCUT2D eigenvalue weighted by molar-refractivity contribution is -0.117. The van der Waals surface area contributed by atoms with Gasteiger partial charge in [-0.25, -0.2) is 0 Å². The molecule has 0 unspecified atom stereocenters. The Kier molecular flexibility index (Phi) is 6.04. The number of pyridine rings is 1. The van der Waals surface area contributed by atoms with Crippen LogP contribution in [0.4, 0.5) is 0 Å². The van der Waals surface area contributed by atoms with Crippen molar-refractivity contribution in [3.05, 3.63) is 57.3 Å². The van der Waals surface area contributed by atoms with E-state index in [-0.39, 0.29) is 17.9 Å². The van der Waals surface area contributed by atoms with Crippen molar-refractivity contribution in [1.29, 1.82) is 0 Å². The summed E-state index contributed by atoms with van der Waals surface area (Å²) in [4.78, 5) is 30.2. The number of aryl methyl sites for hydroxylation is 1. The van der Waals surface area contributed by atoms with Crippen molar-refractivity contribution in [2.24, 2.45) is 12.8 Å². The van der Waals surface area contributed by atoms with E-state index in [1.807, 2.05) is 30.5 Å². The predicted molar refractivity (Wildman–Crippen MR) is 123 cm³/mol. The van der Waals surface area contributed by atoms with Crippen LogP contribution in [-0.2, 0) is 24.8 Å². The molecule has 0 aliphatic carbocycles. The fourth-order valence-corrected chi connectivity index (χ4v) is 5.34. The van der Waals surface area contributed by atoms with Gasteiger partial charge in [-0.15, -0.1) is 11.3 Å². The van der Waals surface area contributed by atoms with Crippen molar-refractivity contribution in [2.45, 2.75) is 19.4 Å². The Morgan fingerprint density at radius 1 is 1.13 bits per heavy atom. The largest absolute Gasteiger partial charge is 0.369 e. The molecule has 0 bridgehead atoms. The van der Waals surface area contributed by atoms with Crippen LogP contribution in [0.1, 0.15) is 16.9 Å². The fourth-order valence-electron chi connectivity index (χ4n) is 4.11. The summed E-state index contributed by atoms with van der Waals surface area (Å²) in [5, 5.41) is 0.766. The topological polar surface area (TPSA) is 71.6 Å². The third kappa shape index (κ3) is 4.48. The van der Waals surface area contributed by atoms with Gasteiger partial charge in [0, 0.05) is 48.0 Å². The van der Waals surface area contributed by atoms with Crippen LogP contribution in [0.2, 0.25) is 0 Å². The number of hydrogen-bond donors (Lipinski definition) is 1. The quantitative estimate of drug-likeness (QED) is 0.683. The number of thiophene rings is 1. The average molecular weight is 425 g/mol. The molecule has 0 spiro atoms. The lowest BCUT2D eigenvalue weighted by Crippen LogP contribution is -2.28. The molecule has 4 rings (SSSR count). The summed E-state index contributed by atoms with van der Waals surface area (Å²) in [5.74, 6) is -0.348. The van der Waals surface area contributed by atoms with Gasteiger partial charge >= 0.3 is 0 Å². The zero-order valence-electron chi connectivity index (χ0n) is 17.6. The number of carbonyl (C=O) groups excluding carboxylic acids is 1. The first-order valence-corrected chi connectivity index (χ1v) is 11.1. The molecule has 30 heavy (non-hydrogen) atoms. The Balaban J connectivity index is 1.72. The second-order valence-corrected chi connectivity index (χ2v) is 9.33. The molecule has 1 aliphatic heterocycles. The van der Waals surface area contributed by atoms with Crippen LogP contribution < -0.4 is 11.3 Å². The maximum Gasteiger partial charge on any atom is 0.259 e. The van der Waals surface area contributed by atoms with Gasteiger partial charge < -0.3 is 15.2 Å². The molecule has 1 aromatic carbocycles. The maximum atomic E-state index is 12.8. The van der Waals surface area contributed by atoms with Gasteiger partial charge in [-0.05, 0) is 43.8 Å². The monoisotopic (exact) mass is 424 g/mol. The summed E-state index contributed by atoms with van der Waals surface area (Å²) in [5.41, 5.74) is 8.30. The molecule has 1 fully saturated rings. The maximum absolute atomic E-state index is 12.8. The van der Waals surface area contributed by atoms with Crippen LogP contribution in [0.25, 0.3) is 21.2 Å². The Bertz CT molecular complexity index is 1130. The number of nitrogens with zero attached hydrogens (tertiary/aromatic N) is 3. The molecule has 6 nitrogen and oxygen atoms in total. The first-order chi connectivity index (χ1) is 14.4. The number of fused-ring (bicyclic) bond motifs is 1. The SMILES string of the molecule is CN1CCCN(Cc2cc3c(=O)n(C)cc(-c4cccc(CC(N)=O)c4)c3s2)CC1. The van der Waals surface area contributed by atoms with Crippen LogP contribution >= 0.6 is 11.3 Å². The molecule has 1 saturated heterocycles. The predicted octanol–water partition coefficient (Wildman–Crippen LogP) is 2.43.